The smallest absolute Gasteiger partial charge is 0.308 e. The van der Waals surface area contributed by atoms with Crippen LogP contribution >= 0.6 is 0 Å². The van der Waals surface area contributed by atoms with E-state index in [1.54, 1.807) is 11.1 Å². The van der Waals surface area contributed by atoms with Gasteiger partial charge in [0.1, 0.15) is 0 Å². The molecule has 144 valence electrons. The number of aromatic nitrogens is 2. The number of nitrogens with zero attached hydrogens (tertiary/aromatic N) is 3. The van der Waals surface area contributed by atoms with Crippen LogP contribution in [0.2, 0.25) is 0 Å². The maximum absolute atomic E-state index is 13.1. The van der Waals surface area contributed by atoms with Crippen molar-refractivity contribution in [3.63, 3.8) is 0 Å². The highest BCUT2D eigenvalue weighted by Gasteiger charge is 2.41. The summed E-state index contributed by atoms with van der Waals surface area (Å²) in [6.45, 7) is 6.77. The number of carbonyl (C=O) groups excluding carboxylic acids is 1. The van der Waals surface area contributed by atoms with Gasteiger partial charge in [-0.25, -0.2) is 0 Å². The van der Waals surface area contributed by atoms with Crippen molar-refractivity contribution < 1.29 is 14.7 Å². The number of carbonyl (C=O) groups is 2. The highest BCUT2D eigenvalue weighted by atomic mass is 16.4. The first-order chi connectivity index (χ1) is 13.0. The van der Waals surface area contributed by atoms with Crippen LogP contribution in [0, 0.1) is 12.8 Å². The summed E-state index contributed by atoms with van der Waals surface area (Å²) in [4.78, 5) is 26.5. The molecule has 1 aliphatic rings. The van der Waals surface area contributed by atoms with E-state index < -0.39 is 11.9 Å². The van der Waals surface area contributed by atoms with E-state index >= 15 is 0 Å². The zero-order valence-corrected chi connectivity index (χ0v) is 16.1. The van der Waals surface area contributed by atoms with E-state index in [2.05, 4.69) is 18.9 Å². The average molecular weight is 369 g/mol. The van der Waals surface area contributed by atoms with Gasteiger partial charge in [0.2, 0.25) is 0 Å². The van der Waals surface area contributed by atoms with Gasteiger partial charge in [0, 0.05) is 24.7 Å². The Kier molecular flexibility index (Phi) is 5.63. The van der Waals surface area contributed by atoms with Gasteiger partial charge >= 0.3 is 5.97 Å². The van der Waals surface area contributed by atoms with Crippen molar-refractivity contribution in [3.8, 4) is 0 Å². The second-order valence-corrected chi connectivity index (χ2v) is 7.23. The fourth-order valence-corrected chi connectivity index (χ4v) is 4.06. The minimum absolute atomic E-state index is 0.130. The molecule has 1 aliphatic heterocycles. The zero-order valence-electron chi connectivity index (χ0n) is 16.1. The highest BCUT2D eigenvalue weighted by molar-refractivity contribution is 5.95. The lowest BCUT2D eigenvalue weighted by Crippen LogP contribution is -2.30. The fraction of sp³-hybridized carbons (Fsp3) is 0.476. The predicted molar refractivity (Wildman–Crippen MR) is 103 cm³/mol. The fourth-order valence-electron chi connectivity index (χ4n) is 4.06. The molecule has 6 nitrogen and oxygen atoms in total. The van der Waals surface area contributed by atoms with Crippen LogP contribution in [0.4, 0.5) is 0 Å². The van der Waals surface area contributed by atoms with Gasteiger partial charge in [0.25, 0.3) is 5.91 Å². The Morgan fingerprint density at radius 1 is 1.19 bits per heavy atom. The first-order valence-electron chi connectivity index (χ1n) is 9.59. The van der Waals surface area contributed by atoms with Crippen molar-refractivity contribution in [2.45, 2.75) is 45.6 Å². The van der Waals surface area contributed by atoms with E-state index in [0.29, 0.717) is 12.1 Å². The molecule has 0 aliphatic carbocycles. The van der Waals surface area contributed by atoms with Crippen molar-refractivity contribution in [1.82, 2.24) is 14.7 Å². The first-order valence-corrected chi connectivity index (χ1v) is 9.59. The minimum atomic E-state index is -0.858. The van der Waals surface area contributed by atoms with Crippen LogP contribution in [-0.4, -0.2) is 44.8 Å². The van der Waals surface area contributed by atoms with Crippen molar-refractivity contribution >= 4 is 11.9 Å². The van der Waals surface area contributed by atoms with Gasteiger partial charge in [-0.3, -0.25) is 14.3 Å². The first kappa shape index (κ1) is 19.1. The Morgan fingerprint density at radius 2 is 1.85 bits per heavy atom. The van der Waals surface area contributed by atoms with Crippen molar-refractivity contribution in [1.29, 1.82) is 0 Å². The molecule has 0 saturated carbocycles. The summed E-state index contributed by atoms with van der Waals surface area (Å²) in [5.74, 6) is -1.77. The molecule has 0 radical (unpaired) electrons. The molecule has 3 rings (SSSR count). The standard InChI is InChI=1S/C21H27N3O3/c1-4-16(5-2)24-14(3)17(11-22-24)20(25)23-12-18(19(13-23)21(26)27)15-9-7-6-8-10-15/h6-11,16,18-19H,4-5,12-13H2,1-3H3,(H,26,27)/t18-,19-/m0/s1. The Labute approximate surface area is 159 Å². The lowest BCUT2D eigenvalue weighted by atomic mass is 9.89. The Hall–Kier alpha value is -2.63. The number of hydrogen-bond donors (Lipinski definition) is 1. The average Bonchev–Trinajstić information content (AvgIpc) is 3.28. The number of hydrogen-bond acceptors (Lipinski definition) is 3. The van der Waals surface area contributed by atoms with E-state index in [1.165, 1.54) is 0 Å². The van der Waals surface area contributed by atoms with Gasteiger partial charge in [-0.15, -0.1) is 0 Å². The molecular weight excluding hydrogens is 342 g/mol. The van der Waals surface area contributed by atoms with Crippen LogP contribution in [0.1, 0.15) is 60.3 Å². The lowest BCUT2D eigenvalue weighted by molar-refractivity contribution is -0.141. The SMILES string of the molecule is CCC(CC)n1ncc(C(=O)N2C[C@H](C(=O)O)[C@H](c3ccccc3)C2)c1C. The van der Waals surface area contributed by atoms with Gasteiger partial charge in [-0.05, 0) is 25.3 Å². The Morgan fingerprint density at radius 3 is 2.44 bits per heavy atom. The molecular formula is C21H27N3O3. The van der Waals surface area contributed by atoms with Crippen LogP contribution in [0.15, 0.2) is 36.5 Å². The monoisotopic (exact) mass is 369 g/mol. The lowest BCUT2D eigenvalue weighted by Gasteiger charge is -2.18. The van der Waals surface area contributed by atoms with E-state index in [9.17, 15) is 14.7 Å². The largest absolute Gasteiger partial charge is 0.481 e. The molecule has 1 saturated heterocycles. The number of carboxylic acid groups (broad SMARTS) is 1. The third-order valence-electron chi connectivity index (χ3n) is 5.72. The quantitative estimate of drug-likeness (QED) is 0.846. The van der Waals surface area contributed by atoms with E-state index in [-0.39, 0.29) is 24.4 Å². The number of likely N-dealkylation sites (tertiary alicyclic amines) is 1. The topological polar surface area (TPSA) is 75.4 Å². The van der Waals surface area contributed by atoms with Gasteiger partial charge in [-0.1, -0.05) is 44.2 Å². The summed E-state index contributed by atoms with van der Waals surface area (Å²) >= 11 is 0. The molecule has 2 aromatic rings. The molecule has 0 bridgehead atoms. The van der Waals surface area contributed by atoms with Crippen LogP contribution in [0.5, 0.6) is 0 Å². The van der Waals surface area contributed by atoms with E-state index in [0.717, 1.165) is 24.1 Å². The van der Waals surface area contributed by atoms with Crippen molar-refractivity contribution in [3.05, 3.63) is 53.3 Å². The number of benzene rings is 1. The molecule has 1 aromatic heterocycles. The molecule has 6 heteroatoms. The Bertz CT molecular complexity index is 811. The van der Waals surface area contributed by atoms with Gasteiger partial charge in [-0.2, -0.15) is 5.10 Å². The van der Waals surface area contributed by atoms with Crippen LogP contribution < -0.4 is 0 Å². The molecule has 1 N–H and O–H groups in total. The summed E-state index contributed by atoms with van der Waals surface area (Å²) in [7, 11) is 0. The summed E-state index contributed by atoms with van der Waals surface area (Å²) < 4.78 is 1.92. The molecule has 27 heavy (non-hydrogen) atoms. The summed E-state index contributed by atoms with van der Waals surface area (Å²) in [6.07, 6.45) is 3.53. The predicted octanol–water partition coefficient (Wildman–Crippen LogP) is 3.49. The molecule has 1 amide bonds. The van der Waals surface area contributed by atoms with Crippen molar-refractivity contribution in [2.24, 2.45) is 5.92 Å². The molecule has 1 aromatic carbocycles. The van der Waals surface area contributed by atoms with Crippen LogP contribution in [0.25, 0.3) is 0 Å². The summed E-state index contributed by atoms with van der Waals surface area (Å²) in [5, 5.41) is 14.1. The second kappa shape index (κ2) is 7.94. The maximum Gasteiger partial charge on any atom is 0.308 e. The normalized spacial score (nSPS) is 19.6. The third-order valence-corrected chi connectivity index (χ3v) is 5.72. The molecule has 0 unspecified atom stereocenters. The minimum Gasteiger partial charge on any atom is -0.481 e. The van der Waals surface area contributed by atoms with Gasteiger partial charge < -0.3 is 10.0 Å². The van der Waals surface area contributed by atoms with Gasteiger partial charge in [0.05, 0.1) is 23.7 Å². The maximum atomic E-state index is 13.1. The number of carboxylic acids is 1. The highest BCUT2D eigenvalue weighted by Crippen LogP contribution is 2.34. The second-order valence-electron chi connectivity index (χ2n) is 7.23. The summed E-state index contributed by atoms with van der Waals surface area (Å²) in [5.41, 5.74) is 2.38. The van der Waals surface area contributed by atoms with Crippen LogP contribution in [0.3, 0.4) is 0 Å². The molecule has 1 fully saturated rings. The zero-order chi connectivity index (χ0) is 19.6. The number of rotatable bonds is 6. The third kappa shape index (κ3) is 3.61. The van der Waals surface area contributed by atoms with Crippen LogP contribution in [-0.2, 0) is 4.79 Å². The molecule has 0 spiro atoms. The van der Waals surface area contributed by atoms with E-state index in [1.807, 2.05) is 41.9 Å². The van der Waals surface area contributed by atoms with Gasteiger partial charge in [0.15, 0.2) is 0 Å². The number of amides is 1. The van der Waals surface area contributed by atoms with Crippen molar-refractivity contribution in [2.75, 3.05) is 13.1 Å². The molecule has 2 atom stereocenters. The molecule has 2 heterocycles. The number of aliphatic carboxylic acids is 1. The Balaban J connectivity index is 1.85. The summed E-state index contributed by atoms with van der Waals surface area (Å²) in [6, 6.07) is 9.86. The van der Waals surface area contributed by atoms with E-state index in [4.69, 9.17) is 0 Å².